The zero-order valence-corrected chi connectivity index (χ0v) is 23.9. The van der Waals surface area contributed by atoms with Crippen LogP contribution in [-0.4, -0.2) is 64.9 Å². The number of pyridine rings is 2. The van der Waals surface area contributed by atoms with Gasteiger partial charge in [0.1, 0.15) is 11.2 Å². The first kappa shape index (κ1) is 29.6. The summed E-state index contributed by atoms with van der Waals surface area (Å²) in [6.45, 7) is 1.06. The van der Waals surface area contributed by atoms with E-state index in [2.05, 4.69) is 9.97 Å². The van der Waals surface area contributed by atoms with Crippen LogP contribution < -0.4 is 0 Å². The number of rotatable bonds is 12. The Morgan fingerprint density at radius 2 is 1.63 bits per heavy atom. The summed E-state index contributed by atoms with van der Waals surface area (Å²) >= 11 is 5.92. The Morgan fingerprint density at radius 3 is 2.29 bits per heavy atom. The lowest BCUT2D eigenvalue weighted by Gasteiger charge is -2.33. The minimum atomic E-state index is -0.736. The highest BCUT2D eigenvalue weighted by Crippen LogP contribution is 2.22. The molecule has 0 bridgehead atoms. The summed E-state index contributed by atoms with van der Waals surface area (Å²) in [6.07, 6.45) is 8.65. The molecular weight excluding hydrogens is 536 g/mol. The molecule has 8 heteroatoms. The van der Waals surface area contributed by atoms with E-state index in [1.165, 1.54) is 6.08 Å². The number of amides is 2. The molecule has 0 N–H and O–H groups in total. The number of ether oxygens (including phenoxy) is 1. The number of halogens is 1. The second-order valence-corrected chi connectivity index (χ2v) is 9.99. The van der Waals surface area contributed by atoms with Crippen molar-refractivity contribution in [3.05, 3.63) is 125 Å². The van der Waals surface area contributed by atoms with E-state index in [0.29, 0.717) is 24.7 Å². The summed E-state index contributed by atoms with van der Waals surface area (Å²) in [5.41, 5.74) is 4.69. The van der Waals surface area contributed by atoms with E-state index in [4.69, 9.17) is 16.3 Å². The zero-order chi connectivity index (χ0) is 29.0. The summed E-state index contributed by atoms with van der Waals surface area (Å²) in [5.74, 6) is -0.443. The van der Waals surface area contributed by atoms with Crippen molar-refractivity contribution in [3.8, 4) is 11.1 Å². The molecule has 0 aliphatic carbocycles. The average molecular weight is 569 g/mol. The molecule has 7 nitrogen and oxygen atoms in total. The van der Waals surface area contributed by atoms with Crippen LogP contribution in [0.4, 0.5) is 0 Å². The Morgan fingerprint density at radius 1 is 0.927 bits per heavy atom. The molecule has 210 valence electrons. The minimum Gasteiger partial charge on any atom is -0.383 e. The Hall–Kier alpha value is -4.33. The molecule has 2 aromatic carbocycles. The van der Waals surface area contributed by atoms with Crippen molar-refractivity contribution in [2.45, 2.75) is 19.0 Å². The van der Waals surface area contributed by atoms with Crippen molar-refractivity contribution in [2.24, 2.45) is 0 Å². The Labute approximate surface area is 246 Å². The van der Waals surface area contributed by atoms with Gasteiger partial charge < -0.3 is 14.5 Å². The molecule has 0 fully saturated rings. The first-order valence-corrected chi connectivity index (χ1v) is 13.7. The minimum absolute atomic E-state index is 0.158. The van der Waals surface area contributed by atoms with Crippen molar-refractivity contribution in [1.29, 1.82) is 0 Å². The van der Waals surface area contributed by atoms with Crippen molar-refractivity contribution in [3.63, 3.8) is 0 Å². The molecule has 0 spiro atoms. The molecule has 4 aromatic rings. The molecule has 2 amide bonds. The van der Waals surface area contributed by atoms with Gasteiger partial charge in [0.25, 0.3) is 0 Å². The van der Waals surface area contributed by atoms with Crippen LogP contribution in [-0.2, 0) is 27.3 Å². The highest BCUT2D eigenvalue weighted by atomic mass is 35.5. The smallest absolute Gasteiger partial charge is 0.247 e. The van der Waals surface area contributed by atoms with E-state index in [1.807, 2.05) is 66.7 Å². The van der Waals surface area contributed by atoms with E-state index in [-0.39, 0.29) is 18.4 Å². The molecule has 0 saturated heterocycles. The van der Waals surface area contributed by atoms with E-state index in [1.54, 1.807) is 60.8 Å². The van der Waals surface area contributed by atoms with Crippen LogP contribution in [0, 0.1) is 0 Å². The number of hydrogen-bond acceptors (Lipinski definition) is 5. The molecule has 2 heterocycles. The van der Waals surface area contributed by atoms with Crippen LogP contribution in [0.5, 0.6) is 0 Å². The maximum absolute atomic E-state index is 13.9. The van der Waals surface area contributed by atoms with Crippen molar-refractivity contribution < 1.29 is 14.3 Å². The van der Waals surface area contributed by atoms with Gasteiger partial charge in [-0.3, -0.25) is 14.6 Å². The summed E-state index contributed by atoms with van der Waals surface area (Å²) < 4.78 is 5.20. The van der Waals surface area contributed by atoms with Gasteiger partial charge in [-0.25, -0.2) is 4.98 Å². The van der Waals surface area contributed by atoms with Crippen molar-refractivity contribution in [1.82, 2.24) is 19.8 Å². The number of methoxy groups -OCH3 is 1. The second kappa shape index (κ2) is 14.9. The van der Waals surface area contributed by atoms with Gasteiger partial charge >= 0.3 is 0 Å². The third kappa shape index (κ3) is 8.58. The summed E-state index contributed by atoms with van der Waals surface area (Å²) in [7, 11) is 3.34. The van der Waals surface area contributed by atoms with Crippen molar-refractivity contribution >= 4 is 29.5 Å². The number of carbonyl (C=O) groups is 2. The summed E-state index contributed by atoms with van der Waals surface area (Å²) in [6, 6.07) is 24.4. The SMILES string of the molecule is COCCN(C)C(=O)C(Cc1ccccc1)N(Cc1ccc(-c2ccncc2)cc1)C(=O)C=Cc1ccc(Cl)nc1. The molecule has 41 heavy (non-hydrogen) atoms. The van der Waals surface area contributed by atoms with Crippen LogP contribution in [0.2, 0.25) is 5.15 Å². The van der Waals surface area contributed by atoms with Crippen molar-refractivity contribution in [2.75, 3.05) is 27.3 Å². The Balaban J connectivity index is 1.68. The third-order valence-corrected chi connectivity index (χ3v) is 6.94. The van der Waals surface area contributed by atoms with Gasteiger partial charge in [-0.2, -0.15) is 0 Å². The highest BCUT2D eigenvalue weighted by Gasteiger charge is 2.31. The number of nitrogens with zero attached hydrogens (tertiary/aromatic N) is 4. The topological polar surface area (TPSA) is 75.6 Å². The first-order valence-electron chi connectivity index (χ1n) is 13.3. The van der Waals surface area contributed by atoms with Gasteiger partial charge in [-0.05, 0) is 52.1 Å². The van der Waals surface area contributed by atoms with Gasteiger partial charge in [0.05, 0.1) is 6.61 Å². The molecule has 1 atom stereocenters. The summed E-state index contributed by atoms with van der Waals surface area (Å²) in [4.78, 5) is 39.1. The van der Waals surface area contributed by atoms with Gasteiger partial charge in [-0.1, -0.05) is 72.3 Å². The summed E-state index contributed by atoms with van der Waals surface area (Å²) in [5, 5.41) is 0.373. The normalized spacial score (nSPS) is 11.8. The number of benzene rings is 2. The Bertz CT molecular complexity index is 1430. The lowest BCUT2D eigenvalue weighted by molar-refractivity contribution is -0.143. The molecule has 0 aliphatic rings. The van der Waals surface area contributed by atoms with Crippen LogP contribution in [0.1, 0.15) is 16.7 Å². The van der Waals surface area contributed by atoms with Gasteiger partial charge in [0.15, 0.2) is 0 Å². The highest BCUT2D eigenvalue weighted by molar-refractivity contribution is 6.29. The standard InChI is InChI=1S/C33H33ClN4O3/c1-37(20-21-41-2)33(40)30(22-25-6-4-3-5-7-25)38(32(39)15-11-26-10-14-31(34)36-23-26)24-27-8-12-28(13-9-27)29-16-18-35-19-17-29/h3-19,23,30H,20-22,24H2,1-2H3. The maximum Gasteiger partial charge on any atom is 0.247 e. The van der Waals surface area contributed by atoms with E-state index in [0.717, 1.165) is 27.8 Å². The fourth-order valence-corrected chi connectivity index (χ4v) is 4.51. The zero-order valence-electron chi connectivity index (χ0n) is 23.2. The quantitative estimate of drug-likeness (QED) is 0.165. The molecule has 0 aliphatic heterocycles. The number of likely N-dealkylation sites (N-methyl/N-ethyl adjacent to an activating group) is 1. The first-order chi connectivity index (χ1) is 19.9. The molecule has 1 unspecified atom stereocenters. The predicted octanol–water partition coefficient (Wildman–Crippen LogP) is 5.56. The molecule has 0 saturated carbocycles. The van der Waals surface area contributed by atoms with E-state index < -0.39 is 6.04 Å². The number of hydrogen-bond donors (Lipinski definition) is 0. The number of carbonyl (C=O) groups excluding carboxylic acids is 2. The van der Waals surface area contributed by atoms with Gasteiger partial charge in [-0.15, -0.1) is 0 Å². The number of aromatic nitrogens is 2. The second-order valence-electron chi connectivity index (χ2n) is 9.60. The third-order valence-electron chi connectivity index (χ3n) is 6.71. The van der Waals surface area contributed by atoms with E-state index in [9.17, 15) is 9.59 Å². The van der Waals surface area contributed by atoms with E-state index >= 15 is 0 Å². The largest absolute Gasteiger partial charge is 0.383 e. The lowest BCUT2D eigenvalue weighted by atomic mass is 10.0. The fourth-order valence-electron chi connectivity index (χ4n) is 4.40. The maximum atomic E-state index is 13.9. The van der Waals surface area contributed by atoms with Crippen LogP contribution in [0.25, 0.3) is 17.2 Å². The molecule has 0 radical (unpaired) electrons. The molecular formula is C33H33ClN4O3. The molecule has 2 aromatic heterocycles. The molecule has 4 rings (SSSR count). The average Bonchev–Trinajstić information content (AvgIpc) is 3.02. The van der Waals surface area contributed by atoms with Gasteiger partial charge in [0.2, 0.25) is 11.8 Å². The monoisotopic (exact) mass is 568 g/mol. The van der Waals surface area contributed by atoms with Crippen LogP contribution >= 0.6 is 11.6 Å². The van der Waals surface area contributed by atoms with Crippen LogP contribution in [0.15, 0.2) is 104 Å². The lowest BCUT2D eigenvalue weighted by Crippen LogP contribution is -2.51. The van der Waals surface area contributed by atoms with Gasteiger partial charge in [0, 0.05) is 58.3 Å². The predicted molar refractivity (Wildman–Crippen MR) is 162 cm³/mol. The fraction of sp³-hybridized carbons (Fsp3) is 0.212. The van der Waals surface area contributed by atoms with Crippen LogP contribution in [0.3, 0.4) is 0 Å². The Kier molecular flexibility index (Phi) is 10.8.